The van der Waals surface area contributed by atoms with Gasteiger partial charge >= 0.3 is 0 Å². The van der Waals surface area contributed by atoms with Gasteiger partial charge in [0.2, 0.25) is 11.7 Å². The molecule has 0 saturated heterocycles. The number of primary amides is 1. The van der Waals surface area contributed by atoms with Crippen molar-refractivity contribution in [2.45, 2.75) is 38.7 Å². The van der Waals surface area contributed by atoms with Gasteiger partial charge in [0, 0.05) is 19.4 Å². The summed E-state index contributed by atoms with van der Waals surface area (Å²) in [5, 5.41) is 0. The highest BCUT2D eigenvalue weighted by molar-refractivity contribution is 5.80. The van der Waals surface area contributed by atoms with Crippen molar-refractivity contribution >= 4 is 5.91 Å². The fourth-order valence-corrected chi connectivity index (χ4v) is 2.28. The maximum atomic E-state index is 11.5. The van der Waals surface area contributed by atoms with E-state index in [1.165, 1.54) is 0 Å². The third kappa shape index (κ3) is 3.29. The second-order valence-electron chi connectivity index (χ2n) is 5.82. The number of likely N-dealkylation sites (N-methyl/N-ethyl adjacent to an activating group) is 1. The highest BCUT2D eigenvalue weighted by Gasteiger charge is 2.27. The topological polar surface area (TPSA) is 64.8 Å². The quantitative estimate of drug-likeness (QED) is 0.901. The summed E-state index contributed by atoms with van der Waals surface area (Å²) < 4.78 is 11.4. The van der Waals surface area contributed by atoms with Crippen LogP contribution in [0, 0.1) is 0 Å². The average molecular weight is 278 g/mol. The lowest BCUT2D eigenvalue weighted by molar-refractivity contribution is -0.180. The molecule has 0 aliphatic carbocycles. The molecule has 20 heavy (non-hydrogen) atoms. The average Bonchev–Trinajstić information content (AvgIpc) is 2.34. The van der Waals surface area contributed by atoms with Gasteiger partial charge in [-0.15, -0.1) is 0 Å². The Morgan fingerprint density at radius 2 is 2.15 bits per heavy atom. The molecule has 2 N–H and O–H groups in total. The van der Waals surface area contributed by atoms with E-state index in [-0.39, 0.29) is 11.9 Å². The molecule has 0 saturated carbocycles. The summed E-state index contributed by atoms with van der Waals surface area (Å²) >= 11 is 0. The minimum atomic E-state index is -0.589. The Kier molecular flexibility index (Phi) is 4.01. The van der Waals surface area contributed by atoms with Gasteiger partial charge in [0.15, 0.2) is 0 Å². The zero-order valence-electron chi connectivity index (χ0n) is 12.5. The van der Waals surface area contributed by atoms with Gasteiger partial charge in [0.1, 0.15) is 5.75 Å². The van der Waals surface area contributed by atoms with Crippen LogP contribution < -0.4 is 10.5 Å². The van der Waals surface area contributed by atoms with E-state index in [0.717, 1.165) is 16.9 Å². The zero-order valence-corrected chi connectivity index (χ0v) is 12.5. The van der Waals surface area contributed by atoms with E-state index in [9.17, 15) is 4.79 Å². The molecule has 1 aromatic rings. The van der Waals surface area contributed by atoms with Gasteiger partial charge < -0.3 is 15.2 Å². The van der Waals surface area contributed by atoms with Crippen LogP contribution in [-0.2, 0) is 22.6 Å². The number of hydrogen-bond acceptors (Lipinski definition) is 4. The molecule has 0 aromatic heterocycles. The molecule has 1 aliphatic heterocycles. The molecule has 0 radical (unpaired) electrons. The van der Waals surface area contributed by atoms with Crippen molar-refractivity contribution < 1.29 is 14.3 Å². The maximum Gasteiger partial charge on any atom is 0.235 e. The minimum absolute atomic E-state index is 0.310. The Balaban J connectivity index is 2.18. The lowest BCUT2D eigenvalue weighted by Crippen LogP contribution is -2.42. The van der Waals surface area contributed by atoms with Crippen molar-refractivity contribution in [1.29, 1.82) is 0 Å². The summed E-state index contributed by atoms with van der Waals surface area (Å²) in [7, 11) is 3.70. The van der Waals surface area contributed by atoms with Crippen molar-refractivity contribution in [3.8, 4) is 5.75 Å². The minimum Gasteiger partial charge on any atom is -0.463 e. The molecular formula is C15H22N2O3. The first kappa shape index (κ1) is 14.8. The fraction of sp³-hybridized carbons (Fsp3) is 0.533. The Morgan fingerprint density at radius 3 is 2.75 bits per heavy atom. The third-order valence-electron chi connectivity index (χ3n) is 3.44. The molecule has 1 heterocycles. The number of benzene rings is 1. The Morgan fingerprint density at radius 1 is 1.45 bits per heavy atom. The van der Waals surface area contributed by atoms with E-state index in [0.29, 0.717) is 13.0 Å². The highest BCUT2D eigenvalue weighted by Crippen LogP contribution is 2.31. The van der Waals surface area contributed by atoms with Gasteiger partial charge in [-0.25, -0.2) is 0 Å². The number of carbonyl (C=O) groups is 1. The van der Waals surface area contributed by atoms with Crippen LogP contribution in [0.15, 0.2) is 18.2 Å². The number of nitrogens with two attached hydrogens (primary N) is 1. The Hall–Kier alpha value is -1.59. The van der Waals surface area contributed by atoms with Crippen molar-refractivity contribution in [2.75, 3.05) is 14.1 Å². The molecule has 0 bridgehead atoms. The Bertz CT molecular complexity index is 512. The first-order chi connectivity index (χ1) is 9.28. The molecule has 2 rings (SSSR count). The predicted octanol–water partition coefficient (Wildman–Crippen LogP) is 1.29. The summed E-state index contributed by atoms with van der Waals surface area (Å²) in [5.74, 6) is -0.0692. The Labute approximate surface area is 119 Å². The highest BCUT2D eigenvalue weighted by atomic mass is 16.7. The van der Waals surface area contributed by atoms with Crippen molar-refractivity contribution in [3.63, 3.8) is 0 Å². The van der Waals surface area contributed by atoms with Crippen LogP contribution in [0.4, 0.5) is 0 Å². The number of hydrogen-bond donors (Lipinski definition) is 1. The maximum absolute atomic E-state index is 11.5. The van der Waals surface area contributed by atoms with Gasteiger partial charge in [-0.3, -0.25) is 9.69 Å². The van der Waals surface area contributed by atoms with E-state index >= 15 is 0 Å². The summed E-state index contributed by atoms with van der Waals surface area (Å²) in [6.07, 6.45) is 0.582. The molecule has 0 spiro atoms. The normalized spacial score (nSPS) is 18.2. The summed E-state index contributed by atoms with van der Waals surface area (Å²) in [4.78, 5) is 13.3. The molecule has 1 atom stereocenters. The predicted molar refractivity (Wildman–Crippen MR) is 76.3 cm³/mol. The van der Waals surface area contributed by atoms with Gasteiger partial charge in [-0.2, -0.15) is 0 Å². The van der Waals surface area contributed by atoms with Gasteiger partial charge in [0.25, 0.3) is 0 Å². The van der Waals surface area contributed by atoms with E-state index in [1.54, 1.807) is 0 Å². The van der Waals surface area contributed by atoms with Crippen molar-refractivity contribution in [1.82, 2.24) is 4.90 Å². The van der Waals surface area contributed by atoms with Crippen LogP contribution in [0.1, 0.15) is 25.0 Å². The first-order valence-electron chi connectivity index (χ1n) is 6.69. The third-order valence-corrected chi connectivity index (χ3v) is 3.44. The van der Waals surface area contributed by atoms with E-state index in [4.69, 9.17) is 15.2 Å². The van der Waals surface area contributed by atoms with Crippen LogP contribution in [0.25, 0.3) is 0 Å². The van der Waals surface area contributed by atoms with Crippen LogP contribution >= 0.6 is 0 Å². The SMILES string of the molecule is CN(C)C(Cc1ccc2c(c1)COC(C)(C)O2)C(N)=O. The number of rotatable bonds is 4. The van der Waals surface area contributed by atoms with Gasteiger partial charge in [0.05, 0.1) is 12.6 Å². The van der Waals surface area contributed by atoms with Gasteiger partial charge in [-0.1, -0.05) is 6.07 Å². The summed E-state index contributed by atoms with van der Waals surface area (Å²) in [6.45, 7) is 4.29. The lowest BCUT2D eigenvalue weighted by Gasteiger charge is -2.33. The monoisotopic (exact) mass is 278 g/mol. The summed E-state index contributed by atoms with van der Waals surface area (Å²) in [5.41, 5.74) is 7.48. The van der Waals surface area contributed by atoms with Crippen LogP contribution in [0.5, 0.6) is 5.75 Å². The zero-order chi connectivity index (χ0) is 14.9. The molecular weight excluding hydrogens is 256 g/mol. The molecule has 0 fully saturated rings. The largest absolute Gasteiger partial charge is 0.463 e. The molecule has 1 unspecified atom stereocenters. The van der Waals surface area contributed by atoms with Crippen LogP contribution in [0.2, 0.25) is 0 Å². The second-order valence-corrected chi connectivity index (χ2v) is 5.82. The second kappa shape index (κ2) is 5.42. The van der Waals surface area contributed by atoms with Crippen molar-refractivity contribution in [2.24, 2.45) is 5.73 Å². The number of nitrogens with zero attached hydrogens (tertiary/aromatic N) is 1. The molecule has 1 amide bonds. The van der Waals surface area contributed by atoms with Crippen LogP contribution in [0.3, 0.4) is 0 Å². The number of fused-ring (bicyclic) bond motifs is 1. The molecule has 5 heteroatoms. The van der Waals surface area contributed by atoms with Gasteiger partial charge in [-0.05, 0) is 38.2 Å². The van der Waals surface area contributed by atoms with E-state index < -0.39 is 5.79 Å². The molecule has 1 aliphatic rings. The van der Waals surface area contributed by atoms with E-state index in [2.05, 4.69) is 0 Å². The molecule has 1 aromatic carbocycles. The van der Waals surface area contributed by atoms with Crippen molar-refractivity contribution in [3.05, 3.63) is 29.3 Å². The summed E-state index contributed by atoms with van der Waals surface area (Å²) in [6, 6.07) is 5.61. The first-order valence-corrected chi connectivity index (χ1v) is 6.69. The number of amides is 1. The van der Waals surface area contributed by atoms with Crippen LogP contribution in [-0.4, -0.2) is 36.7 Å². The van der Waals surface area contributed by atoms with E-state index in [1.807, 2.05) is 51.0 Å². The smallest absolute Gasteiger partial charge is 0.235 e. The fourth-order valence-electron chi connectivity index (χ4n) is 2.28. The number of ether oxygens (including phenoxy) is 2. The number of carbonyl (C=O) groups excluding carboxylic acids is 1. The lowest BCUT2D eigenvalue weighted by atomic mass is 10.0. The standard InChI is InChI=1S/C15H22N2O3/c1-15(2)19-9-11-7-10(5-6-13(11)20-15)8-12(14(16)18)17(3)4/h5-7,12H,8-9H2,1-4H3,(H2,16,18). The molecule has 110 valence electrons. The molecule has 5 nitrogen and oxygen atoms in total.